The number of hydrogen-bond acceptors (Lipinski definition) is 4. The minimum atomic E-state index is -3.06. The first kappa shape index (κ1) is 17.9. The standard InChI is InChI=1S/C15H14BrClN2O3S/c1-23(21,22)9-11-4-2-10(3-5-11)7-19-15(20)13-6-12(16)8-18-14(13)17/h2-6,8H,7,9H2,1H3,(H,19,20). The molecule has 0 bridgehead atoms. The van der Waals surface area contributed by atoms with Gasteiger partial charge < -0.3 is 5.32 Å². The van der Waals surface area contributed by atoms with Crippen LogP contribution < -0.4 is 5.32 Å². The molecule has 0 aliphatic heterocycles. The molecule has 23 heavy (non-hydrogen) atoms. The number of halogens is 2. The molecule has 0 unspecified atom stereocenters. The molecule has 1 aromatic heterocycles. The number of carbonyl (C=O) groups excluding carboxylic acids is 1. The van der Waals surface area contributed by atoms with Gasteiger partial charge in [0.1, 0.15) is 5.15 Å². The molecular weight excluding hydrogens is 404 g/mol. The summed E-state index contributed by atoms with van der Waals surface area (Å²) in [6, 6.07) is 8.62. The van der Waals surface area contributed by atoms with Gasteiger partial charge in [-0.1, -0.05) is 35.9 Å². The van der Waals surface area contributed by atoms with Crippen LogP contribution in [0.25, 0.3) is 0 Å². The van der Waals surface area contributed by atoms with E-state index >= 15 is 0 Å². The highest BCUT2D eigenvalue weighted by Crippen LogP contribution is 2.18. The first-order valence-electron chi connectivity index (χ1n) is 6.59. The van der Waals surface area contributed by atoms with Gasteiger partial charge >= 0.3 is 0 Å². The molecule has 0 saturated heterocycles. The van der Waals surface area contributed by atoms with Crippen LogP contribution in [0.5, 0.6) is 0 Å². The minimum absolute atomic E-state index is 0.00103. The number of nitrogens with one attached hydrogen (secondary N) is 1. The average Bonchev–Trinajstić information content (AvgIpc) is 2.47. The Kier molecular flexibility index (Phi) is 5.78. The van der Waals surface area contributed by atoms with Crippen molar-refractivity contribution in [3.8, 4) is 0 Å². The number of rotatable bonds is 5. The summed E-state index contributed by atoms with van der Waals surface area (Å²) in [5, 5.41) is 2.88. The fourth-order valence-corrected chi connectivity index (χ4v) is 3.23. The number of nitrogens with zero attached hydrogens (tertiary/aromatic N) is 1. The third-order valence-electron chi connectivity index (χ3n) is 2.96. The molecule has 8 heteroatoms. The second kappa shape index (κ2) is 7.42. The van der Waals surface area contributed by atoms with Crippen LogP contribution in [0.3, 0.4) is 0 Å². The maximum atomic E-state index is 12.1. The van der Waals surface area contributed by atoms with Gasteiger partial charge in [0.15, 0.2) is 9.84 Å². The van der Waals surface area contributed by atoms with E-state index in [1.165, 1.54) is 12.5 Å². The molecule has 1 N–H and O–H groups in total. The first-order chi connectivity index (χ1) is 10.7. The molecule has 1 amide bonds. The van der Waals surface area contributed by atoms with Crippen LogP contribution >= 0.6 is 27.5 Å². The Hall–Kier alpha value is -1.44. The molecule has 0 radical (unpaired) electrons. The fraction of sp³-hybridized carbons (Fsp3) is 0.200. The predicted molar refractivity (Wildman–Crippen MR) is 93.1 cm³/mol. The number of hydrogen-bond donors (Lipinski definition) is 1. The Morgan fingerprint density at radius 3 is 2.48 bits per heavy atom. The summed E-state index contributed by atoms with van der Waals surface area (Å²) in [6.45, 7) is 0.306. The number of sulfone groups is 1. The van der Waals surface area contributed by atoms with Crippen molar-refractivity contribution in [3.63, 3.8) is 0 Å². The van der Waals surface area contributed by atoms with E-state index in [0.717, 1.165) is 5.56 Å². The smallest absolute Gasteiger partial charge is 0.254 e. The molecule has 0 aliphatic rings. The summed E-state index contributed by atoms with van der Waals surface area (Å²) in [5.41, 5.74) is 1.85. The molecule has 0 spiro atoms. The minimum Gasteiger partial charge on any atom is -0.348 e. The molecule has 0 atom stereocenters. The van der Waals surface area contributed by atoms with Crippen molar-refractivity contribution in [2.75, 3.05) is 6.26 Å². The molecule has 122 valence electrons. The highest BCUT2D eigenvalue weighted by molar-refractivity contribution is 9.10. The highest BCUT2D eigenvalue weighted by Gasteiger charge is 2.12. The zero-order chi connectivity index (χ0) is 17.0. The SMILES string of the molecule is CS(=O)(=O)Cc1ccc(CNC(=O)c2cc(Br)cnc2Cl)cc1. The second-order valence-corrected chi connectivity index (χ2v) is 8.48. The molecular formula is C15H14BrClN2O3S. The molecule has 2 rings (SSSR count). The largest absolute Gasteiger partial charge is 0.348 e. The van der Waals surface area contributed by atoms with Gasteiger partial charge in [-0.2, -0.15) is 0 Å². The van der Waals surface area contributed by atoms with Gasteiger partial charge in [0.25, 0.3) is 5.91 Å². The number of carbonyl (C=O) groups is 1. The van der Waals surface area contributed by atoms with E-state index in [-0.39, 0.29) is 22.4 Å². The summed E-state index contributed by atoms with van der Waals surface area (Å²) < 4.78 is 23.1. The summed E-state index contributed by atoms with van der Waals surface area (Å²) in [7, 11) is -3.06. The molecule has 1 heterocycles. The maximum Gasteiger partial charge on any atom is 0.254 e. The van der Waals surface area contributed by atoms with E-state index in [9.17, 15) is 13.2 Å². The summed E-state index contributed by atoms with van der Waals surface area (Å²) >= 11 is 9.15. The number of pyridine rings is 1. The first-order valence-corrected chi connectivity index (χ1v) is 9.82. The zero-order valence-electron chi connectivity index (χ0n) is 12.2. The topological polar surface area (TPSA) is 76.1 Å². The Bertz CT molecular complexity index is 823. The molecule has 5 nitrogen and oxygen atoms in total. The highest BCUT2D eigenvalue weighted by atomic mass is 79.9. The van der Waals surface area contributed by atoms with E-state index in [1.807, 2.05) is 0 Å². The molecule has 0 fully saturated rings. The summed E-state index contributed by atoms with van der Waals surface area (Å²) in [4.78, 5) is 16.0. The van der Waals surface area contributed by atoms with Crippen molar-refractivity contribution in [3.05, 3.63) is 62.8 Å². The van der Waals surface area contributed by atoms with Gasteiger partial charge in [0.05, 0.1) is 11.3 Å². The van der Waals surface area contributed by atoms with Gasteiger partial charge in [-0.05, 0) is 33.1 Å². The molecule has 1 aromatic carbocycles. The van der Waals surface area contributed by atoms with E-state index < -0.39 is 9.84 Å². The quantitative estimate of drug-likeness (QED) is 0.759. The van der Waals surface area contributed by atoms with Crippen LogP contribution in [0.15, 0.2) is 41.0 Å². The lowest BCUT2D eigenvalue weighted by Gasteiger charge is -2.08. The van der Waals surface area contributed by atoms with Gasteiger partial charge in [-0.3, -0.25) is 4.79 Å². The third kappa shape index (κ3) is 5.60. The number of aromatic nitrogens is 1. The number of benzene rings is 1. The Morgan fingerprint density at radius 1 is 1.26 bits per heavy atom. The van der Waals surface area contributed by atoms with Crippen molar-refractivity contribution in [1.29, 1.82) is 0 Å². The molecule has 0 saturated carbocycles. The maximum absolute atomic E-state index is 12.1. The van der Waals surface area contributed by atoms with Crippen LogP contribution in [-0.4, -0.2) is 25.6 Å². The Labute approximate surface area is 148 Å². The van der Waals surface area contributed by atoms with Crippen LogP contribution in [0.1, 0.15) is 21.5 Å². The summed E-state index contributed by atoms with van der Waals surface area (Å²) in [6.07, 6.45) is 2.70. The summed E-state index contributed by atoms with van der Waals surface area (Å²) in [5.74, 6) is -0.331. The van der Waals surface area contributed by atoms with Crippen molar-refractivity contribution in [1.82, 2.24) is 10.3 Å². The molecule has 0 aliphatic carbocycles. The van der Waals surface area contributed by atoms with Crippen LogP contribution in [0.2, 0.25) is 5.15 Å². The normalized spacial score (nSPS) is 11.3. The van der Waals surface area contributed by atoms with E-state index in [4.69, 9.17) is 11.6 Å². The van der Waals surface area contributed by atoms with Gasteiger partial charge in [-0.25, -0.2) is 13.4 Å². The second-order valence-electron chi connectivity index (χ2n) is 5.06. The van der Waals surface area contributed by atoms with Crippen molar-refractivity contribution in [2.45, 2.75) is 12.3 Å². The van der Waals surface area contributed by atoms with Crippen molar-refractivity contribution < 1.29 is 13.2 Å². The van der Waals surface area contributed by atoms with E-state index in [0.29, 0.717) is 16.6 Å². The monoisotopic (exact) mass is 416 g/mol. The van der Waals surface area contributed by atoms with Gasteiger partial charge in [0, 0.05) is 23.5 Å². The zero-order valence-corrected chi connectivity index (χ0v) is 15.4. The Morgan fingerprint density at radius 2 is 1.87 bits per heavy atom. The van der Waals surface area contributed by atoms with Crippen molar-refractivity contribution in [2.24, 2.45) is 0 Å². The van der Waals surface area contributed by atoms with Crippen LogP contribution in [0.4, 0.5) is 0 Å². The Balaban J connectivity index is 2.00. The van der Waals surface area contributed by atoms with Gasteiger partial charge in [0.2, 0.25) is 0 Å². The van der Waals surface area contributed by atoms with Crippen LogP contribution in [-0.2, 0) is 22.1 Å². The predicted octanol–water partition coefficient (Wildman–Crippen LogP) is 2.97. The van der Waals surface area contributed by atoms with Gasteiger partial charge in [-0.15, -0.1) is 0 Å². The van der Waals surface area contributed by atoms with E-state index in [2.05, 4.69) is 26.2 Å². The fourth-order valence-electron chi connectivity index (χ4n) is 1.92. The van der Waals surface area contributed by atoms with E-state index in [1.54, 1.807) is 30.3 Å². The molecule has 2 aromatic rings. The van der Waals surface area contributed by atoms with Crippen molar-refractivity contribution >= 4 is 43.3 Å². The lowest BCUT2D eigenvalue weighted by atomic mass is 10.1. The average molecular weight is 418 g/mol. The number of amides is 1. The van der Waals surface area contributed by atoms with Crippen LogP contribution in [0, 0.1) is 0 Å². The lowest BCUT2D eigenvalue weighted by molar-refractivity contribution is 0.0950. The lowest BCUT2D eigenvalue weighted by Crippen LogP contribution is -2.23. The third-order valence-corrected chi connectivity index (χ3v) is 4.55.